The van der Waals surface area contributed by atoms with E-state index in [1.807, 2.05) is 0 Å². The minimum atomic E-state index is -3.74. The third-order valence-corrected chi connectivity index (χ3v) is 5.93. The monoisotopic (exact) mass is 332 g/mol. The van der Waals surface area contributed by atoms with E-state index < -0.39 is 27.9 Å². The fourth-order valence-electron chi connectivity index (χ4n) is 2.86. The third kappa shape index (κ3) is 4.02. The molecule has 0 aromatic heterocycles. The first-order valence-electron chi connectivity index (χ1n) is 7.51. The van der Waals surface area contributed by atoms with Crippen LogP contribution in [0.2, 0.25) is 0 Å². The van der Waals surface area contributed by atoms with Gasteiger partial charge in [-0.1, -0.05) is 19.3 Å². The summed E-state index contributed by atoms with van der Waals surface area (Å²) < 4.78 is 55.5. The average molecular weight is 332 g/mol. The van der Waals surface area contributed by atoms with Gasteiger partial charge in [-0.2, -0.15) is 17.4 Å². The van der Waals surface area contributed by atoms with Crippen molar-refractivity contribution in [2.75, 3.05) is 7.05 Å². The topological polar surface area (TPSA) is 49.4 Å². The molecule has 1 fully saturated rings. The maximum absolute atomic E-state index is 13.7. The van der Waals surface area contributed by atoms with Gasteiger partial charge in [0.1, 0.15) is 11.6 Å². The molecule has 1 aromatic rings. The molecule has 124 valence electrons. The summed E-state index contributed by atoms with van der Waals surface area (Å²) in [6, 6.07) is 2.15. The zero-order valence-electron chi connectivity index (χ0n) is 12.9. The normalized spacial score (nSPS) is 18.6. The van der Waals surface area contributed by atoms with E-state index in [2.05, 4.69) is 4.72 Å². The number of benzene rings is 1. The molecule has 1 aliphatic rings. The molecule has 1 saturated carbocycles. The highest BCUT2D eigenvalue weighted by molar-refractivity contribution is 7.87. The van der Waals surface area contributed by atoms with E-state index in [-0.39, 0.29) is 11.6 Å². The van der Waals surface area contributed by atoms with Crippen LogP contribution in [0.3, 0.4) is 0 Å². The highest BCUT2D eigenvalue weighted by Crippen LogP contribution is 2.25. The molecule has 0 heterocycles. The lowest BCUT2D eigenvalue weighted by atomic mass is 9.96. The summed E-state index contributed by atoms with van der Waals surface area (Å²) in [5.41, 5.74) is 0.000573. The van der Waals surface area contributed by atoms with Crippen molar-refractivity contribution in [3.63, 3.8) is 0 Å². The molecular formula is C15H22F2N2O2S. The van der Waals surface area contributed by atoms with Crippen molar-refractivity contribution in [1.29, 1.82) is 0 Å². The molecule has 1 atom stereocenters. The Kier molecular flexibility index (Phi) is 5.52. The molecule has 0 amide bonds. The van der Waals surface area contributed by atoms with E-state index in [9.17, 15) is 17.2 Å². The van der Waals surface area contributed by atoms with Crippen LogP contribution in [0, 0.1) is 11.6 Å². The summed E-state index contributed by atoms with van der Waals surface area (Å²) in [6.07, 6.45) is 4.82. The van der Waals surface area contributed by atoms with Crippen LogP contribution in [0.1, 0.15) is 50.6 Å². The Morgan fingerprint density at radius 1 is 1.23 bits per heavy atom. The summed E-state index contributed by atoms with van der Waals surface area (Å²) in [5, 5.41) is 0. The van der Waals surface area contributed by atoms with Gasteiger partial charge in [0.2, 0.25) is 0 Å². The van der Waals surface area contributed by atoms with Crippen LogP contribution in [-0.2, 0) is 10.2 Å². The van der Waals surface area contributed by atoms with Gasteiger partial charge in [-0.05, 0) is 38.0 Å². The number of rotatable bonds is 5. The van der Waals surface area contributed by atoms with Crippen molar-refractivity contribution in [3.8, 4) is 0 Å². The van der Waals surface area contributed by atoms with E-state index in [0.29, 0.717) is 0 Å². The minimum absolute atomic E-state index is 0.000573. The van der Waals surface area contributed by atoms with Gasteiger partial charge < -0.3 is 0 Å². The Morgan fingerprint density at radius 2 is 1.86 bits per heavy atom. The second kappa shape index (κ2) is 7.02. The van der Waals surface area contributed by atoms with Gasteiger partial charge in [0, 0.05) is 24.7 Å². The van der Waals surface area contributed by atoms with E-state index in [0.717, 1.165) is 50.3 Å². The molecule has 0 spiro atoms. The van der Waals surface area contributed by atoms with Gasteiger partial charge in [0.15, 0.2) is 0 Å². The van der Waals surface area contributed by atoms with Crippen LogP contribution < -0.4 is 4.72 Å². The van der Waals surface area contributed by atoms with E-state index in [1.165, 1.54) is 18.3 Å². The number of nitrogens with one attached hydrogen (secondary N) is 1. The zero-order chi connectivity index (χ0) is 16.3. The predicted octanol–water partition coefficient (Wildman–Crippen LogP) is 3.12. The van der Waals surface area contributed by atoms with Crippen LogP contribution >= 0.6 is 0 Å². The Morgan fingerprint density at radius 3 is 2.50 bits per heavy atom. The quantitative estimate of drug-likeness (QED) is 0.900. The maximum Gasteiger partial charge on any atom is 0.279 e. The first-order chi connectivity index (χ1) is 10.3. The van der Waals surface area contributed by atoms with Crippen molar-refractivity contribution in [2.24, 2.45) is 0 Å². The Hall–Kier alpha value is -1.05. The first-order valence-corrected chi connectivity index (χ1v) is 8.95. The molecule has 0 bridgehead atoms. The SMILES string of the molecule is CC(NS(=O)(=O)N(C)C1CCCCC1)c1cc(F)ccc1F. The third-order valence-electron chi connectivity index (χ3n) is 4.22. The van der Waals surface area contributed by atoms with Crippen molar-refractivity contribution in [3.05, 3.63) is 35.4 Å². The van der Waals surface area contributed by atoms with Crippen molar-refractivity contribution in [2.45, 2.75) is 51.1 Å². The molecule has 0 saturated heterocycles. The van der Waals surface area contributed by atoms with E-state index in [1.54, 1.807) is 0 Å². The second-order valence-corrected chi connectivity index (χ2v) is 7.58. The number of nitrogens with zero attached hydrogens (tertiary/aromatic N) is 1. The van der Waals surface area contributed by atoms with Crippen molar-refractivity contribution >= 4 is 10.2 Å². The molecule has 1 N–H and O–H groups in total. The average Bonchev–Trinajstić information content (AvgIpc) is 2.49. The van der Waals surface area contributed by atoms with Gasteiger partial charge in [0.05, 0.1) is 0 Å². The molecule has 7 heteroatoms. The van der Waals surface area contributed by atoms with Gasteiger partial charge in [-0.15, -0.1) is 0 Å². The highest BCUT2D eigenvalue weighted by atomic mass is 32.2. The van der Waals surface area contributed by atoms with Crippen LogP contribution in [0.5, 0.6) is 0 Å². The van der Waals surface area contributed by atoms with Crippen LogP contribution in [0.4, 0.5) is 8.78 Å². The van der Waals surface area contributed by atoms with Crippen molar-refractivity contribution < 1.29 is 17.2 Å². The number of halogens is 2. The molecular weight excluding hydrogens is 310 g/mol. The largest absolute Gasteiger partial charge is 0.279 e. The van der Waals surface area contributed by atoms with Crippen LogP contribution in [0.25, 0.3) is 0 Å². The lowest BCUT2D eigenvalue weighted by Gasteiger charge is -2.31. The molecule has 1 aliphatic carbocycles. The Labute approximate surface area is 130 Å². The van der Waals surface area contributed by atoms with Crippen LogP contribution in [0.15, 0.2) is 18.2 Å². The molecule has 22 heavy (non-hydrogen) atoms. The van der Waals surface area contributed by atoms with E-state index in [4.69, 9.17) is 0 Å². The summed E-state index contributed by atoms with van der Waals surface area (Å²) in [6.45, 7) is 1.50. The summed E-state index contributed by atoms with van der Waals surface area (Å²) >= 11 is 0. The van der Waals surface area contributed by atoms with Gasteiger partial charge in [-0.3, -0.25) is 0 Å². The summed E-state index contributed by atoms with van der Waals surface area (Å²) in [7, 11) is -2.21. The smallest absolute Gasteiger partial charge is 0.207 e. The molecule has 2 rings (SSSR count). The van der Waals surface area contributed by atoms with Gasteiger partial charge in [0.25, 0.3) is 10.2 Å². The molecule has 0 radical (unpaired) electrons. The summed E-state index contributed by atoms with van der Waals surface area (Å²) in [5.74, 6) is -1.22. The molecule has 4 nitrogen and oxygen atoms in total. The standard InChI is InChI=1S/C15H22F2N2O2S/c1-11(14-10-12(16)8-9-15(14)17)18-22(20,21)19(2)13-6-4-3-5-7-13/h8-11,13,18H,3-7H2,1-2H3. The fraction of sp³-hybridized carbons (Fsp3) is 0.600. The lowest BCUT2D eigenvalue weighted by Crippen LogP contribution is -2.45. The Balaban J connectivity index is 2.11. The lowest BCUT2D eigenvalue weighted by molar-refractivity contribution is 0.281. The second-order valence-electron chi connectivity index (χ2n) is 5.82. The fourth-order valence-corrected chi connectivity index (χ4v) is 4.20. The maximum atomic E-state index is 13.7. The number of hydrogen-bond donors (Lipinski definition) is 1. The minimum Gasteiger partial charge on any atom is -0.207 e. The number of hydrogen-bond acceptors (Lipinski definition) is 2. The van der Waals surface area contributed by atoms with Crippen molar-refractivity contribution in [1.82, 2.24) is 9.03 Å². The van der Waals surface area contributed by atoms with Gasteiger partial charge >= 0.3 is 0 Å². The highest BCUT2D eigenvalue weighted by Gasteiger charge is 2.29. The summed E-state index contributed by atoms with van der Waals surface area (Å²) in [4.78, 5) is 0. The molecule has 1 unspecified atom stereocenters. The van der Waals surface area contributed by atoms with Crippen LogP contribution in [-0.4, -0.2) is 25.8 Å². The predicted molar refractivity (Wildman–Crippen MR) is 81.5 cm³/mol. The zero-order valence-corrected chi connectivity index (χ0v) is 13.7. The van der Waals surface area contributed by atoms with Gasteiger partial charge in [-0.25, -0.2) is 8.78 Å². The Bertz CT molecular complexity index is 616. The van der Waals surface area contributed by atoms with E-state index >= 15 is 0 Å². The molecule has 1 aromatic carbocycles. The molecule has 0 aliphatic heterocycles. The first kappa shape index (κ1) is 17.3.